The summed E-state index contributed by atoms with van der Waals surface area (Å²) in [5, 5.41) is 10.8. The number of nitrogens with one attached hydrogen (secondary N) is 1. The average Bonchev–Trinajstić information content (AvgIpc) is 2.36. The molecule has 0 aliphatic rings. The average molecular weight is 265 g/mol. The summed E-state index contributed by atoms with van der Waals surface area (Å²) in [6.07, 6.45) is 0.240. The number of nitrogens with two attached hydrogens (primary N) is 1. The third kappa shape index (κ3) is 4.94. The molecule has 0 heterocycles. The van der Waals surface area contributed by atoms with Crippen LogP contribution in [-0.2, 0) is 4.79 Å². The standard InChI is InChI=1S/C13H16FN3O2/c1-9(16)11-4-3-10(7-12(11)14)19-8-13(18)17-6-2-5-15/h3-4,7,9H,2,6,8,16H2,1H3,(H,17,18)/t9-/m1/s1. The zero-order valence-corrected chi connectivity index (χ0v) is 10.6. The van der Waals surface area contributed by atoms with Crippen LogP contribution in [0.4, 0.5) is 4.39 Å². The second-order valence-corrected chi connectivity index (χ2v) is 4.02. The molecule has 0 aromatic heterocycles. The first kappa shape index (κ1) is 14.9. The van der Waals surface area contributed by atoms with Crippen molar-refractivity contribution in [3.63, 3.8) is 0 Å². The molecule has 0 radical (unpaired) electrons. The van der Waals surface area contributed by atoms with Crippen molar-refractivity contribution in [1.82, 2.24) is 5.32 Å². The number of nitrogens with zero attached hydrogens (tertiary/aromatic N) is 1. The maximum Gasteiger partial charge on any atom is 0.257 e. The van der Waals surface area contributed by atoms with Gasteiger partial charge in [0.05, 0.1) is 12.5 Å². The minimum Gasteiger partial charge on any atom is -0.484 e. The second-order valence-electron chi connectivity index (χ2n) is 4.02. The predicted molar refractivity (Wildman–Crippen MR) is 67.7 cm³/mol. The van der Waals surface area contributed by atoms with Crippen LogP contribution < -0.4 is 15.8 Å². The van der Waals surface area contributed by atoms with Crippen molar-refractivity contribution in [3.8, 4) is 11.8 Å². The third-order valence-corrected chi connectivity index (χ3v) is 2.39. The Hall–Kier alpha value is -2.13. The molecule has 6 heteroatoms. The molecule has 1 rings (SSSR count). The van der Waals surface area contributed by atoms with Crippen molar-refractivity contribution in [1.29, 1.82) is 5.26 Å². The molecule has 0 fully saturated rings. The molecule has 1 aromatic carbocycles. The van der Waals surface area contributed by atoms with E-state index in [1.165, 1.54) is 12.1 Å². The first-order valence-corrected chi connectivity index (χ1v) is 5.86. The molecule has 3 N–H and O–H groups in total. The van der Waals surface area contributed by atoms with Gasteiger partial charge in [0.25, 0.3) is 5.91 Å². The molecule has 1 amide bonds. The quantitative estimate of drug-likeness (QED) is 0.758. The van der Waals surface area contributed by atoms with Crippen molar-refractivity contribution < 1.29 is 13.9 Å². The Kier molecular flexibility index (Phi) is 5.76. The van der Waals surface area contributed by atoms with Crippen LogP contribution in [0.15, 0.2) is 18.2 Å². The zero-order valence-electron chi connectivity index (χ0n) is 10.6. The van der Waals surface area contributed by atoms with Gasteiger partial charge < -0.3 is 15.8 Å². The normalized spacial score (nSPS) is 11.5. The highest BCUT2D eigenvalue weighted by atomic mass is 19.1. The molecule has 0 aliphatic carbocycles. The SMILES string of the molecule is C[C@@H](N)c1ccc(OCC(=O)NCCC#N)cc1F. The van der Waals surface area contributed by atoms with Gasteiger partial charge in [0.2, 0.25) is 0 Å². The molecule has 0 unspecified atom stereocenters. The van der Waals surface area contributed by atoms with Crippen molar-refractivity contribution in [3.05, 3.63) is 29.6 Å². The van der Waals surface area contributed by atoms with Gasteiger partial charge in [-0.25, -0.2) is 4.39 Å². The van der Waals surface area contributed by atoms with Crippen LogP contribution in [0, 0.1) is 17.1 Å². The Balaban J connectivity index is 2.48. The van der Waals surface area contributed by atoms with Gasteiger partial charge in [0.15, 0.2) is 6.61 Å². The number of benzene rings is 1. The smallest absolute Gasteiger partial charge is 0.257 e. The second kappa shape index (κ2) is 7.34. The summed E-state index contributed by atoms with van der Waals surface area (Å²) in [6, 6.07) is 5.79. The van der Waals surface area contributed by atoms with Crippen LogP contribution in [0.25, 0.3) is 0 Å². The minimum atomic E-state index is -0.461. The molecular formula is C13H16FN3O2. The van der Waals surface area contributed by atoms with E-state index in [1.807, 2.05) is 6.07 Å². The van der Waals surface area contributed by atoms with Crippen molar-refractivity contribution in [2.75, 3.05) is 13.2 Å². The van der Waals surface area contributed by atoms with Crippen molar-refractivity contribution in [2.24, 2.45) is 5.73 Å². The molecule has 102 valence electrons. The Morgan fingerprint density at radius 2 is 2.37 bits per heavy atom. The molecule has 1 aromatic rings. The first-order chi connectivity index (χ1) is 9.04. The largest absolute Gasteiger partial charge is 0.484 e. The lowest BCUT2D eigenvalue weighted by Gasteiger charge is -2.10. The number of amides is 1. The van der Waals surface area contributed by atoms with Gasteiger partial charge >= 0.3 is 0 Å². The monoisotopic (exact) mass is 265 g/mol. The lowest BCUT2D eigenvalue weighted by atomic mass is 10.1. The summed E-state index contributed by atoms with van der Waals surface area (Å²) in [5.74, 6) is -0.554. The number of carbonyl (C=O) groups is 1. The van der Waals surface area contributed by atoms with Gasteiger partial charge in [0, 0.05) is 24.2 Å². The van der Waals surface area contributed by atoms with Crippen molar-refractivity contribution >= 4 is 5.91 Å². The van der Waals surface area contributed by atoms with Crippen LogP contribution in [0.3, 0.4) is 0 Å². The van der Waals surface area contributed by atoms with Gasteiger partial charge in [-0.05, 0) is 13.0 Å². The number of hydrogen-bond acceptors (Lipinski definition) is 4. The fraction of sp³-hybridized carbons (Fsp3) is 0.385. The first-order valence-electron chi connectivity index (χ1n) is 5.86. The molecular weight excluding hydrogens is 249 g/mol. The van der Waals surface area contributed by atoms with E-state index in [0.717, 1.165) is 0 Å². The maximum absolute atomic E-state index is 13.6. The molecule has 0 spiro atoms. The Morgan fingerprint density at radius 1 is 1.63 bits per heavy atom. The molecule has 0 saturated heterocycles. The van der Waals surface area contributed by atoms with E-state index in [1.54, 1.807) is 13.0 Å². The summed E-state index contributed by atoms with van der Waals surface area (Å²) in [4.78, 5) is 11.3. The van der Waals surface area contributed by atoms with Crippen LogP contribution in [0.5, 0.6) is 5.75 Å². The Labute approximate surface area is 111 Å². The fourth-order valence-electron chi connectivity index (χ4n) is 1.42. The number of hydrogen-bond donors (Lipinski definition) is 2. The van der Waals surface area contributed by atoms with Crippen LogP contribution in [0.1, 0.15) is 24.9 Å². The molecule has 0 saturated carbocycles. The zero-order chi connectivity index (χ0) is 14.3. The summed E-state index contributed by atoms with van der Waals surface area (Å²) >= 11 is 0. The minimum absolute atomic E-state index is 0.220. The fourth-order valence-corrected chi connectivity index (χ4v) is 1.42. The van der Waals surface area contributed by atoms with E-state index in [0.29, 0.717) is 5.56 Å². The van der Waals surface area contributed by atoms with Crippen LogP contribution in [-0.4, -0.2) is 19.1 Å². The van der Waals surface area contributed by atoms with E-state index in [4.69, 9.17) is 15.7 Å². The highest BCUT2D eigenvalue weighted by molar-refractivity contribution is 5.77. The number of halogens is 1. The summed E-state index contributed by atoms with van der Waals surface area (Å²) in [6.45, 7) is 1.74. The molecule has 0 bridgehead atoms. The topological polar surface area (TPSA) is 88.1 Å². The highest BCUT2D eigenvalue weighted by Gasteiger charge is 2.09. The van der Waals surface area contributed by atoms with E-state index in [2.05, 4.69) is 5.32 Å². The van der Waals surface area contributed by atoms with E-state index >= 15 is 0 Å². The van der Waals surface area contributed by atoms with Gasteiger partial charge in [-0.3, -0.25) is 4.79 Å². The van der Waals surface area contributed by atoms with Crippen molar-refractivity contribution in [2.45, 2.75) is 19.4 Å². The molecule has 19 heavy (non-hydrogen) atoms. The lowest BCUT2D eigenvalue weighted by Crippen LogP contribution is -2.29. The Bertz CT molecular complexity index is 483. The van der Waals surface area contributed by atoms with Gasteiger partial charge in [-0.15, -0.1) is 0 Å². The lowest BCUT2D eigenvalue weighted by molar-refractivity contribution is -0.123. The summed E-state index contributed by atoms with van der Waals surface area (Å²) in [7, 11) is 0. The van der Waals surface area contributed by atoms with Crippen LogP contribution >= 0.6 is 0 Å². The van der Waals surface area contributed by atoms with Gasteiger partial charge in [-0.1, -0.05) is 6.07 Å². The molecule has 5 nitrogen and oxygen atoms in total. The van der Waals surface area contributed by atoms with Gasteiger partial charge in [-0.2, -0.15) is 5.26 Å². The number of rotatable bonds is 6. The predicted octanol–water partition coefficient (Wildman–Crippen LogP) is 1.25. The highest BCUT2D eigenvalue weighted by Crippen LogP contribution is 2.20. The maximum atomic E-state index is 13.6. The summed E-state index contributed by atoms with van der Waals surface area (Å²) < 4.78 is 18.7. The summed E-state index contributed by atoms with van der Waals surface area (Å²) in [5.41, 5.74) is 5.98. The Morgan fingerprint density at radius 3 is 2.95 bits per heavy atom. The number of ether oxygens (including phenoxy) is 1. The number of carbonyl (C=O) groups excluding carboxylic acids is 1. The molecule has 0 aliphatic heterocycles. The third-order valence-electron chi connectivity index (χ3n) is 2.39. The van der Waals surface area contributed by atoms with Gasteiger partial charge in [0.1, 0.15) is 11.6 Å². The van der Waals surface area contributed by atoms with E-state index in [9.17, 15) is 9.18 Å². The van der Waals surface area contributed by atoms with Crippen LogP contribution in [0.2, 0.25) is 0 Å². The number of nitriles is 1. The van der Waals surface area contributed by atoms with E-state index < -0.39 is 11.9 Å². The molecule has 1 atom stereocenters. The van der Waals surface area contributed by atoms with E-state index in [-0.39, 0.29) is 31.2 Å².